The molecule has 86 valence electrons. The van der Waals surface area contributed by atoms with Gasteiger partial charge in [-0.25, -0.2) is 4.39 Å². The summed E-state index contributed by atoms with van der Waals surface area (Å²) in [7, 11) is 0. The topological polar surface area (TPSA) is 29.3 Å². The fourth-order valence-electron chi connectivity index (χ4n) is 3.03. The number of nitrogens with zero attached hydrogens (tertiary/aromatic N) is 1. The smallest absolute Gasteiger partial charge is 0.146 e. The maximum absolute atomic E-state index is 13.9. The second kappa shape index (κ2) is 3.74. The van der Waals surface area contributed by atoms with Crippen LogP contribution in [0.4, 0.5) is 10.1 Å². The molecule has 2 atom stereocenters. The van der Waals surface area contributed by atoms with Crippen LogP contribution in [-0.2, 0) is 6.42 Å². The van der Waals surface area contributed by atoms with Crippen molar-refractivity contribution in [2.75, 3.05) is 11.4 Å². The van der Waals surface area contributed by atoms with Gasteiger partial charge in [0.15, 0.2) is 0 Å². The maximum Gasteiger partial charge on any atom is 0.146 e. The Bertz CT molecular complexity index is 405. The summed E-state index contributed by atoms with van der Waals surface area (Å²) in [5.74, 6) is -0.0868. The first-order valence-corrected chi connectivity index (χ1v) is 6.05. The van der Waals surface area contributed by atoms with E-state index in [4.69, 9.17) is 5.73 Å². The lowest BCUT2D eigenvalue weighted by atomic mass is 9.88. The average molecular weight is 220 g/mol. The highest BCUT2D eigenvalue weighted by Gasteiger charge is 2.32. The van der Waals surface area contributed by atoms with Crippen molar-refractivity contribution < 1.29 is 4.39 Å². The van der Waals surface area contributed by atoms with Crippen molar-refractivity contribution in [3.05, 3.63) is 29.6 Å². The minimum atomic E-state index is -0.0868. The summed E-state index contributed by atoms with van der Waals surface area (Å²) in [5.41, 5.74) is 7.94. The number of para-hydroxylation sites is 1. The van der Waals surface area contributed by atoms with E-state index in [-0.39, 0.29) is 11.9 Å². The van der Waals surface area contributed by atoms with Crippen molar-refractivity contribution in [3.8, 4) is 0 Å². The molecule has 1 fully saturated rings. The Balaban J connectivity index is 2.02. The van der Waals surface area contributed by atoms with Crippen LogP contribution < -0.4 is 10.6 Å². The van der Waals surface area contributed by atoms with Crippen molar-refractivity contribution in [1.82, 2.24) is 0 Å². The number of hydrogen-bond acceptors (Lipinski definition) is 2. The van der Waals surface area contributed by atoms with Gasteiger partial charge in [0.05, 0.1) is 5.69 Å². The van der Waals surface area contributed by atoms with Crippen LogP contribution in [0.15, 0.2) is 18.2 Å². The Kier molecular flexibility index (Phi) is 2.36. The fourth-order valence-corrected chi connectivity index (χ4v) is 3.03. The van der Waals surface area contributed by atoms with Crippen molar-refractivity contribution >= 4 is 5.69 Å². The normalized spacial score (nSPS) is 28.5. The van der Waals surface area contributed by atoms with Gasteiger partial charge in [0, 0.05) is 18.6 Å². The molecule has 1 aromatic rings. The zero-order valence-electron chi connectivity index (χ0n) is 9.32. The van der Waals surface area contributed by atoms with Crippen LogP contribution in [0.5, 0.6) is 0 Å². The van der Waals surface area contributed by atoms with E-state index in [0.717, 1.165) is 43.5 Å². The number of rotatable bonds is 0. The highest BCUT2D eigenvalue weighted by molar-refractivity contribution is 5.58. The molecule has 16 heavy (non-hydrogen) atoms. The van der Waals surface area contributed by atoms with Gasteiger partial charge in [0.2, 0.25) is 0 Å². The predicted octanol–water partition coefficient (Wildman–Crippen LogP) is 2.07. The molecule has 2 unspecified atom stereocenters. The lowest BCUT2D eigenvalue weighted by molar-refractivity contribution is 0.385. The van der Waals surface area contributed by atoms with Crippen molar-refractivity contribution in [2.24, 2.45) is 5.73 Å². The molecule has 1 aromatic carbocycles. The number of halogens is 1. The summed E-state index contributed by atoms with van der Waals surface area (Å²) < 4.78 is 13.9. The van der Waals surface area contributed by atoms with Gasteiger partial charge in [-0.1, -0.05) is 12.1 Å². The predicted molar refractivity (Wildman–Crippen MR) is 63.1 cm³/mol. The molecular formula is C13H17FN2. The number of fused-ring (bicyclic) bond motifs is 3. The first kappa shape index (κ1) is 10.1. The molecule has 2 aliphatic rings. The maximum atomic E-state index is 13.9. The van der Waals surface area contributed by atoms with Crippen molar-refractivity contribution in [3.63, 3.8) is 0 Å². The first-order valence-electron chi connectivity index (χ1n) is 6.05. The summed E-state index contributed by atoms with van der Waals surface area (Å²) in [4.78, 5) is 2.20. The molecule has 0 radical (unpaired) electrons. The highest BCUT2D eigenvalue weighted by Crippen LogP contribution is 2.36. The monoisotopic (exact) mass is 220 g/mol. The average Bonchev–Trinajstić information content (AvgIpc) is 2.28. The summed E-state index contributed by atoms with van der Waals surface area (Å²) in [6.45, 7) is 0.804. The molecule has 3 heteroatoms. The molecular weight excluding hydrogens is 203 g/mol. The Morgan fingerprint density at radius 1 is 1.25 bits per heavy atom. The van der Waals surface area contributed by atoms with E-state index < -0.39 is 0 Å². The quantitative estimate of drug-likeness (QED) is 0.725. The fraction of sp³-hybridized carbons (Fsp3) is 0.538. The molecule has 3 rings (SSSR count). The summed E-state index contributed by atoms with van der Waals surface area (Å²) in [6.07, 6.45) is 4.33. The number of benzene rings is 1. The van der Waals surface area contributed by atoms with Gasteiger partial charge < -0.3 is 10.6 Å². The molecule has 2 nitrogen and oxygen atoms in total. The van der Waals surface area contributed by atoms with Crippen LogP contribution >= 0.6 is 0 Å². The second-order valence-corrected chi connectivity index (χ2v) is 4.93. The van der Waals surface area contributed by atoms with Crippen LogP contribution in [-0.4, -0.2) is 18.6 Å². The standard InChI is InChI=1S/C13H17FN2/c14-12-3-1-2-9-4-6-11-7-5-10(15)8-16(11)13(9)12/h1-3,10-11H,4-8,15H2. The molecule has 0 aromatic heterocycles. The van der Waals surface area contributed by atoms with Crippen molar-refractivity contribution in [2.45, 2.75) is 37.8 Å². The zero-order valence-corrected chi connectivity index (χ0v) is 9.32. The largest absolute Gasteiger partial charge is 0.364 e. The SMILES string of the molecule is NC1CCC2CCc3cccc(F)c3N2C1. The molecule has 0 saturated carbocycles. The van der Waals surface area contributed by atoms with Gasteiger partial charge in [-0.05, 0) is 37.3 Å². The molecule has 0 bridgehead atoms. The first-order chi connectivity index (χ1) is 7.75. The molecule has 2 N–H and O–H groups in total. The third kappa shape index (κ3) is 1.50. The number of piperidine rings is 1. The van der Waals surface area contributed by atoms with E-state index in [1.165, 1.54) is 0 Å². The third-order valence-electron chi connectivity index (χ3n) is 3.85. The van der Waals surface area contributed by atoms with Gasteiger partial charge in [0.25, 0.3) is 0 Å². The van der Waals surface area contributed by atoms with E-state index in [2.05, 4.69) is 4.90 Å². The number of hydrogen-bond donors (Lipinski definition) is 1. The number of aryl methyl sites for hydroxylation is 1. The van der Waals surface area contributed by atoms with Crippen LogP contribution in [0, 0.1) is 5.82 Å². The Hall–Kier alpha value is -1.09. The van der Waals surface area contributed by atoms with E-state index in [0.29, 0.717) is 6.04 Å². The van der Waals surface area contributed by atoms with Gasteiger partial charge in [-0.15, -0.1) is 0 Å². The Labute approximate surface area is 95.2 Å². The molecule has 0 aliphatic carbocycles. The van der Waals surface area contributed by atoms with E-state index in [1.54, 1.807) is 12.1 Å². The van der Waals surface area contributed by atoms with E-state index in [1.807, 2.05) is 6.07 Å². The molecule has 0 spiro atoms. The molecule has 1 saturated heterocycles. The third-order valence-corrected chi connectivity index (χ3v) is 3.85. The second-order valence-electron chi connectivity index (χ2n) is 4.93. The number of nitrogens with two attached hydrogens (primary N) is 1. The zero-order chi connectivity index (χ0) is 11.1. The molecule has 2 aliphatic heterocycles. The lowest BCUT2D eigenvalue weighted by Gasteiger charge is -2.44. The highest BCUT2D eigenvalue weighted by atomic mass is 19.1. The van der Waals surface area contributed by atoms with Crippen LogP contribution in [0.3, 0.4) is 0 Å². The van der Waals surface area contributed by atoms with Gasteiger partial charge in [-0.3, -0.25) is 0 Å². The minimum Gasteiger partial charge on any atom is -0.364 e. The van der Waals surface area contributed by atoms with Gasteiger partial charge in [0.1, 0.15) is 5.82 Å². The van der Waals surface area contributed by atoms with Crippen LogP contribution in [0.2, 0.25) is 0 Å². The van der Waals surface area contributed by atoms with E-state index in [9.17, 15) is 4.39 Å². The molecule has 0 amide bonds. The lowest BCUT2D eigenvalue weighted by Crippen LogP contribution is -2.51. The van der Waals surface area contributed by atoms with Crippen LogP contribution in [0.1, 0.15) is 24.8 Å². The van der Waals surface area contributed by atoms with Gasteiger partial charge >= 0.3 is 0 Å². The summed E-state index contributed by atoms with van der Waals surface area (Å²) >= 11 is 0. The summed E-state index contributed by atoms with van der Waals surface area (Å²) in [6, 6.07) is 6.10. The summed E-state index contributed by atoms with van der Waals surface area (Å²) in [5, 5.41) is 0. The molecule has 2 heterocycles. The Morgan fingerprint density at radius 2 is 2.12 bits per heavy atom. The van der Waals surface area contributed by atoms with Crippen LogP contribution in [0.25, 0.3) is 0 Å². The van der Waals surface area contributed by atoms with Crippen molar-refractivity contribution in [1.29, 1.82) is 0 Å². The minimum absolute atomic E-state index is 0.0868. The van der Waals surface area contributed by atoms with Gasteiger partial charge in [-0.2, -0.15) is 0 Å². The van der Waals surface area contributed by atoms with E-state index >= 15 is 0 Å². The number of anilines is 1. The Morgan fingerprint density at radius 3 is 3.00 bits per heavy atom.